The second-order valence-electron chi connectivity index (χ2n) is 12.1. The van der Waals surface area contributed by atoms with Crippen molar-refractivity contribution in [1.29, 1.82) is 0 Å². The number of hydrogen-bond donors (Lipinski definition) is 2. The van der Waals surface area contributed by atoms with Gasteiger partial charge in [0.1, 0.15) is 17.2 Å². The summed E-state index contributed by atoms with van der Waals surface area (Å²) in [7, 11) is 2.92. The molecule has 2 fully saturated rings. The van der Waals surface area contributed by atoms with Crippen molar-refractivity contribution in [2.75, 3.05) is 25.5 Å². The van der Waals surface area contributed by atoms with Crippen molar-refractivity contribution in [3.05, 3.63) is 91.3 Å². The maximum absolute atomic E-state index is 15.5. The van der Waals surface area contributed by atoms with Crippen LogP contribution in [0.5, 0.6) is 5.88 Å². The molecule has 47 heavy (non-hydrogen) atoms. The Kier molecular flexibility index (Phi) is 7.77. The number of pyridine rings is 1. The van der Waals surface area contributed by atoms with Gasteiger partial charge in [-0.25, -0.2) is 18.4 Å². The van der Waals surface area contributed by atoms with Crippen LogP contribution < -0.4 is 20.9 Å². The maximum Gasteiger partial charge on any atom is 0.279 e. The molecule has 7 rings (SSSR count). The lowest BCUT2D eigenvalue weighted by atomic mass is 9.86. The molecule has 2 aliphatic heterocycles. The number of aryl methyl sites for hydroxylation is 2. The summed E-state index contributed by atoms with van der Waals surface area (Å²) in [5.74, 6) is -2.02. The summed E-state index contributed by atoms with van der Waals surface area (Å²) in [4.78, 5) is 44.2. The first-order valence-electron chi connectivity index (χ1n) is 14.9. The van der Waals surface area contributed by atoms with Crippen LogP contribution in [-0.4, -0.2) is 57.2 Å². The van der Waals surface area contributed by atoms with Crippen LogP contribution in [0.25, 0.3) is 22.4 Å². The lowest BCUT2D eigenvalue weighted by molar-refractivity contribution is -0.121. The Labute approximate surface area is 277 Å². The number of amides is 2. The van der Waals surface area contributed by atoms with E-state index < -0.39 is 23.1 Å². The molecule has 10 nitrogen and oxygen atoms in total. The van der Waals surface area contributed by atoms with Gasteiger partial charge in [0.15, 0.2) is 0 Å². The van der Waals surface area contributed by atoms with Crippen LogP contribution in [0.15, 0.2) is 47.4 Å². The molecule has 2 N–H and O–H groups in total. The molecule has 3 aliphatic rings. The van der Waals surface area contributed by atoms with E-state index in [1.165, 1.54) is 38.6 Å². The van der Waals surface area contributed by atoms with Gasteiger partial charge in [-0.1, -0.05) is 23.2 Å². The minimum atomic E-state index is -0.876. The van der Waals surface area contributed by atoms with Gasteiger partial charge in [0.05, 0.1) is 34.1 Å². The zero-order valence-electron chi connectivity index (χ0n) is 25.3. The van der Waals surface area contributed by atoms with Crippen molar-refractivity contribution in [1.82, 2.24) is 25.0 Å². The number of aromatic nitrogens is 3. The number of nitrogens with one attached hydrogen (secondary N) is 2. The number of nitrogens with zero attached hydrogens (tertiary/aromatic N) is 4. The molecule has 1 spiro atoms. The molecule has 2 aromatic heterocycles. The molecule has 1 atom stereocenters. The minimum Gasteiger partial charge on any atom is -0.481 e. The molecule has 2 aromatic carbocycles. The second kappa shape index (κ2) is 11.7. The molecule has 2 amide bonds. The van der Waals surface area contributed by atoms with Crippen molar-refractivity contribution in [3.8, 4) is 28.3 Å². The zero-order chi connectivity index (χ0) is 33.2. The maximum atomic E-state index is 15.5. The van der Waals surface area contributed by atoms with Gasteiger partial charge in [-0.05, 0) is 61.2 Å². The van der Waals surface area contributed by atoms with Gasteiger partial charge in [0, 0.05) is 61.1 Å². The summed E-state index contributed by atoms with van der Waals surface area (Å²) >= 11 is 13.4. The van der Waals surface area contributed by atoms with E-state index in [-0.39, 0.29) is 49.9 Å². The Balaban J connectivity index is 1.23. The Bertz CT molecular complexity index is 2050. The molecule has 14 heteroatoms. The van der Waals surface area contributed by atoms with Crippen LogP contribution in [-0.2, 0) is 18.3 Å². The standard InChI is InChI=1S/C33H28Cl2F2N6O4/c1-42-32(46)18(10-12-38-42)30(45)39-21-7-6-20(37)27(29(21)35)26-19(36)5-4-17(28(26)34)22-13-16-3-8-23(25(16)31(40-22)47-2)43-14-33(15-43)11-9-24(44)41-33/h4-7,10,12-13,23H,3,8-9,11,14-15H2,1-2H3,(H,39,45)(H,41,44)/t23-/m0/s1. The minimum absolute atomic E-state index is 0.0545. The average Bonchev–Trinajstić information content (AvgIpc) is 3.64. The number of ether oxygens (including phenoxy) is 1. The topological polar surface area (TPSA) is 118 Å². The molecule has 1 aliphatic carbocycles. The lowest BCUT2D eigenvalue weighted by Gasteiger charge is -2.50. The van der Waals surface area contributed by atoms with Crippen LogP contribution in [0.1, 0.15) is 46.8 Å². The monoisotopic (exact) mass is 680 g/mol. The summed E-state index contributed by atoms with van der Waals surface area (Å²) < 4.78 is 37.7. The second-order valence-corrected chi connectivity index (χ2v) is 12.8. The van der Waals surface area contributed by atoms with Crippen molar-refractivity contribution >= 4 is 40.7 Å². The highest BCUT2D eigenvalue weighted by Crippen LogP contribution is 2.48. The third-order valence-electron chi connectivity index (χ3n) is 9.22. The third-order valence-corrected chi connectivity index (χ3v) is 10.0. The largest absolute Gasteiger partial charge is 0.481 e. The van der Waals surface area contributed by atoms with E-state index in [2.05, 4.69) is 20.6 Å². The van der Waals surface area contributed by atoms with E-state index in [9.17, 15) is 14.4 Å². The first-order valence-corrected chi connectivity index (χ1v) is 15.7. The van der Waals surface area contributed by atoms with E-state index in [1.807, 2.05) is 6.07 Å². The SMILES string of the molecule is COc1nc(-c2ccc(F)c(-c3c(F)ccc(NC(=O)c4ccnn(C)c4=O)c3Cl)c2Cl)cc2c1[C@@H](N1CC3(CCC(=O)N3)C1)CC2. The number of rotatable bonds is 6. The Hall–Kier alpha value is -4.39. The van der Waals surface area contributed by atoms with Crippen molar-refractivity contribution < 1.29 is 23.1 Å². The highest BCUT2D eigenvalue weighted by molar-refractivity contribution is 6.39. The van der Waals surface area contributed by atoms with Crippen LogP contribution in [0, 0.1) is 11.6 Å². The van der Waals surface area contributed by atoms with Gasteiger partial charge in [-0.15, -0.1) is 0 Å². The Morgan fingerprint density at radius 1 is 1.06 bits per heavy atom. The number of halogens is 4. The summed E-state index contributed by atoms with van der Waals surface area (Å²) in [5, 5.41) is 8.97. The number of carbonyl (C=O) groups excluding carboxylic acids is 2. The van der Waals surface area contributed by atoms with Gasteiger partial charge < -0.3 is 15.4 Å². The van der Waals surface area contributed by atoms with Gasteiger partial charge in [-0.2, -0.15) is 5.10 Å². The first kappa shape index (κ1) is 31.2. The van der Waals surface area contributed by atoms with E-state index in [1.54, 1.807) is 0 Å². The fraction of sp³-hybridized carbons (Fsp3) is 0.303. The summed E-state index contributed by atoms with van der Waals surface area (Å²) in [5.41, 5.74) is 0.952. The summed E-state index contributed by atoms with van der Waals surface area (Å²) in [6.45, 7) is 1.51. The van der Waals surface area contributed by atoms with Gasteiger partial charge in [-0.3, -0.25) is 19.3 Å². The van der Waals surface area contributed by atoms with Gasteiger partial charge in [0.2, 0.25) is 11.8 Å². The quantitative estimate of drug-likeness (QED) is 0.284. The molecule has 4 aromatic rings. The Morgan fingerprint density at radius 3 is 2.49 bits per heavy atom. The number of hydrogen-bond acceptors (Lipinski definition) is 7. The Morgan fingerprint density at radius 2 is 1.79 bits per heavy atom. The molecule has 242 valence electrons. The van der Waals surface area contributed by atoms with Gasteiger partial charge in [0.25, 0.3) is 11.5 Å². The third kappa shape index (κ3) is 5.24. The number of methoxy groups -OCH3 is 1. The molecule has 4 heterocycles. The lowest BCUT2D eigenvalue weighted by Crippen LogP contribution is -2.67. The van der Waals surface area contributed by atoms with Crippen LogP contribution >= 0.6 is 23.2 Å². The average molecular weight is 682 g/mol. The van der Waals surface area contributed by atoms with Crippen LogP contribution in [0.3, 0.4) is 0 Å². The smallest absolute Gasteiger partial charge is 0.279 e. The number of likely N-dealkylation sites (tertiary alicyclic amines) is 1. The molecular formula is C33H28Cl2F2N6O4. The summed E-state index contributed by atoms with van der Waals surface area (Å²) in [6.07, 6.45) is 4.25. The van der Waals surface area contributed by atoms with Crippen LogP contribution in [0.2, 0.25) is 10.0 Å². The van der Waals surface area contributed by atoms with E-state index in [0.717, 1.165) is 60.3 Å². The highest BCUT2D eigenvalue weighted by atomic mass is 35.5. The van der Waals surface area contributed by atoms with Crippen molar-refractivity contribution in [2.24, 2.45) is 7.05 Å². The van der Waals surface area contributed by atoms with Crippen molar-refractivity contribution in [2.45, 2.75) is 37.3 Å². The van der Waals surface area contributed by atoms with E-state index in [4.69, 9.17) is 32.9 Å². The summed E-state index contributed by atoms with van der Waals surface area (Å²) in [6, 6.07) is 8.05. The zero-order valence-corrected chi connectivity index (χ0v) is 26.8. The molecule has 0 radical (unpaired) electrons. The number of fused-ring (bicyclic) bond motifs is 1. The molecule has 0 saturated carbocycles. The first-order chi connectivity index (χ1) is 22.5. The fourth-order valence-electron chi connectivity index (χ4n) is 6.93. The van der Waals surface area contributed by atoms with Crippen LogP contribution in [0.4, 0.5) is 14.5 Å². The predicted molar refractivity (Wildman–Crippen MR) is 172 cm³/mol. The van der Waals surface area contributed by atoms with Crippen molar-refractivity contribution in [3.63, 3.8) is 0 Å². The molecule has 0 bridgehead atoms. The molecule has 0 unspecified atom stereocenters. The van der Waals surface area contributed by atoms with Gasteiger partial charge >= 0.3 is 0 Å². The van der Waals surface area contributed by atoms with E-state index >= 15 is 8.78 Å². The molecular weight excluding hydrogens is 653 g/mol. The highest BCUT2D eigenvalue weighted by Gasteiger charge is 2.51. The predicted octanol–water partition coefficient (Wildman–Crippen LogP) is 5.31. The normalized spacial score (nSPS) is 18.2. The van der Waals surface area contributed by atoms with E-state index in [0.29, 0.717) is 23.6 Å². The number of benzene rings is 2. The number of anilines is 1. The number of carbonyl (C=O) groups is 2. The fourth-order valence-corrected chi connectivity index (χ4v) is 7.57. The molecule has 2 saturated heterocycles.